The molecule has 5 heteroatoms. The van der Waals surface area contributed by atoms with Gasteiger partial charge >= 0.3 is 8.80 Å². The number of hydrogen-bond acceptors (Lipinski definition) is 4. The molecule has 0 radical (unpaired) electrons. The minimum absolute atomic E-state index is 0.717. The van der Waals surface area contributed by atoms with E-state index in [-0.39, 0.29) is 0 Å². The molecule has 4 nitrogen and oxygen atoms in total. The highest BCUT2D eigenvalue weighted by atomic mass is 28.4. The van der Waals surface area contributed by atoms with E-state index in [2.05, 4.69) is 14.9 Å². The summed E-state index contributed by atoms with van der Waals surface area (Å²) in [7, 11) is 3.68. The maximum absolute atomic E-state index is 5.48. The smallest absolute Gasteiger partial charge is 0.380 e. The van der Waals surface area contributed by atoms with Crippen LogP contribution in [0.2, 0.25) is 0 Å². The van der Waals surface area contributed by atoms with Crippen LogP contribution in [0.3, 0.4) is 0 Å². The molecule has 10 heavy (non-hydrogen) atoms. The largest absolute Gasteiger partial charge is 0.439 e. The molecule has 0 unspecified atom stereocenters. The molecule has 0 aromatic carbocycles. The molecular formula is C5H17N3OSi. The molecule has 0 amide bonds. The maximum Gasteiger partial charge on any atom is 0.439 e. The lowest BCUT2D eigenvalue weighted by Crippen LogP contribution is -2.71. The summed E-state index contributed by atoms with van der Waals surface area (Å²) in [5, 5.41) is 0. The molecule has 0 aliphatic rings. The quantitative estimate of drug-likeness (QED) is 0.461. The molecular weight excluding hydrogens is 146 g/mol. The van der Waals surface area contributed by atoms with Crippen LogP contribution in [0.15, 0.2) is 0 Å². The van der Waals surface area contributed by atoms with Gasteiger partial charge in [0.15, 0.2) is 0 Å². The Morgan fingerprint density at radius 3 is 1.60 bits per heavy atom. The van der Waals surface area contributed by atoms with Gasteiger partial charge < -0.3 is 4.43 Å². The van der Waals surface area contributed by atoms with E-state index in [0.717, 1.165) is 6.61 Å². The molecule has 0 aromatic rings. The van der Waals surface area contributed by atoms with Gasteiger partial charge in [-0.3, -0.25) is 14.9 Å². The summed E-state index contributed by atoms with van der Waals surface area (Å²) in [6, 6.07) is 0. The van der Waals surface area contributed by atoms with Gasteiger partial charge in [-0.1, -0.05) is 0 Å². The van der Waals surface area contributed by atoms with Gasteiger partial charge in [-0.05, 0) is 28.1 Å². The second-order valence-electron chi connectivity index (χ2n) is 1.86. The van der Waals surface area contributed by atoms with Crippen molar-refractivity contribution in [2.75, 3.05) is 27.7 Å². The van der Waals surface area contributed by atoms with Crippen LogP contribution in [0.25, 0.3) is 0 Å². The fourth-order valence-electron chi connectivity index (χ4n) is 0.808. The molecule has 0 heterocycles. The molecule has 62 valence electrons. The molecule has 0 bridgehead atoms. The molecule has 0 aromatic heterocycles. The van der Waals surface area contributed by atoms with Gasteiger partial charge in [0.2, 0.25) is 0 Å². The zero-order valence-electron chi connectivity index (χ0n) is 7.12. The van der Waals surface area contributed by atoms with E-state index in [1.807, 2.05) is 28.1 Å². The van der Waals surface area contributed by atoms with Gasteiger partial charge in [0.05, 0.1) is 0 Å². The van der Waals surface area contributed by atoms with Crippen molar-refractivity contribution < 1.29 is 4.43 Å². The number of rotatable bonds is 5. The van der Waals surface area contributed by atoms with Crippen molar-refractivity contribution in [3.63, 3.8) is 0 Å². The van der Waals surface area contributed by atoms with E-state index in [1.54, 1.807) is 0 Å². The monoisotopic (exact) mass is 163 g/mol. The van der Waals surface area contributed by atoms with Gasteiger partial charge in [0.1, 0.15) is 0 Å². The van der Waals surface area contributed by atoms with E-state index in [0.29, 0.717) is 0 Å². The fourth-order valence-corrected chi connectivity index (χ4v) is 2.42. The van der Waals surface area contributed by atoms with Crippen LogP contribution in [0.1, 0.15) is 6.92 Å². The van der Waals surface area contributed by atoms with Gasteiger partial charge in [0.25, 0.3) is 0 Å². The lowest BCUT2D eigenvalue weighted by Gasteiger charge is -2.27. The normalized spacial score (nSPS) is 12.0. The van der Waals surface area contributed by atoms with Crippen LogP contribution in [0.4, 0.5) is 0 Å². The minimum atomic E-state index is -1.97. The maximum atomic E-state index is 5.48. The Kier molecular flexibility index (Phi) is 4.84. The van der Waals surface area contributed by atoms with Crippen molar-refractivity contribution in [3.8, 4) is 0 Å². The first-order valence-electron chi connectivity index (χ1n) is 3.45. The highest BCUT2D eigenvalue weighted by Gasteiger charge is 2.30. The van der Waals surface area contributed by atoms with Gasteiger partial charge in [-0.25, -0.2) is 0 Å². The van der Waals surface area contributed by atoms with Gasteiger partial charge in [-0.2, -0.15) is 0 Å². The Labute approximate surface area is 63.7 Å². The topological polar surface area (TPSA) is 45.3 Å². The van der Waals surface area contributed by atoms with E-state index in [9.17, 15) is 0 Å². The van der Waals surface area contributed by atoms with E-state index >= 15 is 0 Å². The zero-order chi connectivity index (χ0) is 8.04. The standard InChI is InChI=1S/C5H17N3OSi/c1-5-9-10(6-2,7-3)8-4/h6-8H,5H2,1-4H3. The molecule has 0 aliphatic heterocycles. The number of nitrogens with one attached hydrogen (secondary N) is 3. The third-order valence-corrected chi connectivity index (χ3v) is 4.25. The summed E-state index contributed by atoms with van der Waals surface area (Å²) in [4.78, 5) is 9.33. The van der Waals surface area contributed by atoms with E-state index in [4.69, 9.17) is 4.43 Å². The molecule has 0 rings (SSSR count). The van der Waals surface area contributed by atoms with Crippen molar-refractivity contribution in [1.29, 1.82) is 0 Å². The number of hydrogen-bond donors (Lipinski definition) is 3. The second kappa shape index (κ2) is 4.81. The molecule has 0 saturated carbocycles. The summed E-state index contributed by atoms with van der Waals surface area (Å²) in [5.74, 6) is 0. The Balaban J connectivity index is 3.87. The van der Waals surface area contributed by atoms with E-state index in [1.165, 1.54) is 0 Å². The highest BCUT2D eigenvalue weighted by molar-refractivity contribution is 6.65. The first-order valence-corrected chi connectivity index (χ1v) is 5.36. The lowest BCUT2D eigenvalue weighted by molar-refractivity contribution is 0.295. The highest BCUT2D eigenvalue weighted by Crippen LogP contribution is 1.86. The Bertz CT molecular complexity index is 78.7. The molecule has 0 spiro atoms. The Hall–Kier alpha value is 0.0569. The van der Waals surface area contributed by atoms with Crippen LogP contribution in [0, 0.1) is 0 Å². The average Bonchev–Trinajstić information content (AvgIpc) is 2.01. The molecule has 0 fully saturated rings. The van der Waals surface area contributed by atoms with Gasteiger partial charge in [0, 0.05) is 6.61 Å². The van der Waals surface area contributed by atoms with Crippen LogP contribution < -0.4 is 14.9 Å². The Morgan fingerprint density at radius 2 is 1.50 bits per heavy atom. The summed E-state index contributed by atoms with van der Waals surface area (Å²) in [6.07, 6.45) is 0. The first-order chi connectivity index (χ1) is 4.74. The van der Waals surface area contributed by atoms with Crippen molar-refractivity contribution in [1.82, 2.24) is 14.9 Å². The van der Waals surface area contributed by atoms with Crippen LogP contribution in [-0.2, 0) is 4.43 Å². The van der Waals surface area contributed by atoms with Crippen LogP contribution >= 0.6 is 0 Å². The van der Waals surface area contributed by atoms with Crippen molar-refractivity contribution in [2.24, 2.45) is 0 Å². The predicted octanol–water partition coefficient (Wildman–Crippen LogP) is -0.883. The summed E-state index contributed by atoms with van der Waals surface area (Å²) in [5.41, 5.74) is 0. The van der Waals surface area contributed by atoms with Crippen molar-refractivity contribution in [3.05, 3.63) is 0 Å². The summed E-state index contributed by atoms with van der Waals surface area (Å²) in [6.45, 7) is 2.70. The van der Waals surface area contributed by atoms with Crippen LogP contribution in [-0.4, -0.2) is 36.6 Å². The third kappa shape index (κ3) is 2.35. The average molecular weight is 163 g/mol. The second-order valence-corrected chi connectivity index (χ2v) is 5.02. The van der Waals surface area contributed by atoms with Crippen molar-refractivity contribution >= 4 is 8.80 Å². The van der Waals surface area contributed by atoms with Gasteiger partial charge in [-0.15, -0.1) is 0 Å². The summed E-state index contributed by atoms with van der Waals surface area (Å²) < 4.78 is 5.48. The summed E-state index contributed by atoms with van der Waals surface area (Å²) >= 11 is 0. The fraction of sp³-hybridized carbons (Fsp3) is 1.00. The molecule has 0 saturated heterocycles. The van der Waals surface area contributed by atoms with E-state index < -0.39 is 8.80 Å². The predicted molar refractivity (Wildman–Crippen MR) is 44.6 cm³/mol. The molecule has 0 atom stereocenters. The van der Waals surface area contributed by atoms with Crippen LogP contribution in [0.5, 0.6) is 0 Å². The lowest BCUT2D eigenvalue weighted by atomic mass is 10.9. The third-order valence-electron chi connectivity index (χ3n) is 1.42. The van der Waals surface area contributed by atoms with Crippen molar-refractivity contribution in [2.45, 2.75) is 6.92 Å². The first kappa shape index (κ1) is 10.1. The minimum Gasteiger partial charge on any atom is -0.380 e. The zero-order valence-corrected chi connectivity index (χ0v) is 8.12. The Morgan fingerprint density at radius 1 is 1.10 bits per heavy atom. The molecule has 3 N–H and O–H groups in total. The SMILES string of the molecule is CCO[Si](NC)(NC)NC. The molecule has 0 aliphatic carbocycles.